The average Bonchev–Trinajstić information content (AvgIpc) is 2.66. The van der Waals surface area contributed by atoms with Crippen molar-refractivity contribution in [3.05, 3.63) is 69.8 Å². The van der Waals surface area contributed by atoms with Crippen LogP contribution in [0.4, 0.5) is 11.4 Å². The zero-order valence-corrected chi connectivity index (χ0v) is 14.6. The predicted molar refractivity (Wildman–Crippen MR) is 97.7 cm³/mol. The van der Waals surface area contributed by atoms with Gasteiger partial charge in [0.15, 0.2) is 12.4 Å². The van der Waals surface area contributed by atoms with Crippen molar-refractivity contribution in [2.24, 2.45) is 0 Å². The molecule has 0 fully saturated rings. The van der Waals surface area contributed by atoms with Gasteiger partial charge in [-0.05, 0) is 36.8 Å². The van der Waals surface area contributed by atoms with Gasteiger partial charge in [0.1, 0.15) is 0 Å². The lowest BCUT2D eigenvalue weighted by Crippen LogP contribution is -2.15. The van der Waals surface area contributed by atoms with Gasteiger partial charge in [0.05, 0.1) is 10.5 Å². The van der Waals surface area contributed by atoms with Crippen molar-refractivity contribution in [3.8, 4) is 0 Å². The Bertz CT molecular complexity index is 861. The third-order valence-electron chi connectivity index (χ3n) is 3.59. The van der Waals surface area contributed by atoms with Gasteiger partial charge in [-0.25, -0.2) is 4.79 Å². The molecule has 27 heavy (non-hydrogen) atoms. The summed E-state index contributed by atoms with van der Waals surface area (Å²) in [5.41, 5.74) is 0.636. The van der Waals surface area contributed by atoms with Crippen molar-refractivity contribution in [2.75, 3.05) is 11.9 Å². The van der Waals surface area contributed by atoms with Gasteiger partial charge < -0.3 is 10.1 Å². The highest BCUT2D eigenvalue weighted by Gasteiger charge is 2.15. The number of nitrogens with zero attached hydrogens (tertiary/aromatic N) is 1. The third kappa shape index (κ3) is 5.74. The van der Waals surface area contributed by atoms with Gasteiger partial charge in [0.2, 0.25) is 5.91 Å². The molecule has 0 aromatic heterocycles. The number of Topliss-reactive ketones (excluding diaryl/α,β-unsaturated/α-hetero) is 1. The number of non-ortho nitro benzene ring substituents is 1. The highest BCUT2D eigenvalue weighted by atomic mass is 16.6. The summed E-state index contributed by atoms with van der Waals surface area (Å²) < 4.78 is 4.92. The molecule has 2 aromatic carbocycles. The summed E-state index contributed by atoms with van der Waals surface area (Å²) in [6.07, 6.45) is 1.15. The Morgan fingerprint density at radius 3 is 2.41 bits per heavy atom. The Morgan fingerprint density at radius 1 is 1.07 bits per heavy atom. The normalized spacial score (nSPS) is 10.1. The van der Waals surface area contributed by atoms with Crippen LogP contribution in [0.5, 0.6) is 0 Å². The fourth-order valence-corrected chi connectivity index (χ4v) is 2.23. The summed E-state index contributed by atoms with van der Waals surface area (Å²) in [5.74, 6) is -1.36. The Balaban J connectivity index is 1.93. The first-order valence-corrected chi connectivity index (χ1v) is 8.25. The highest BCUT2D eigenvalue weighted by Crippen LogP contribution is 2.15. The van der Waals surface area contributed by atoms with Crippen molar-refractivity contribution in [2.45, 2.75) is 19.8 Å². The summed E-state index contributed by atoms with van der Waals surface area (Å²) in [6, 6.07) is 11.3. The number of nitro benzene ring substituents is 1. The molecule has 1 N–H and O–H groups in total. The van der Waals surface area contributed by atoms with Crippen LogP contribution in [-0.4, -0.2) is 29.2 Å². The summed E-state index contributed by atoms with van der Waals surface area (Å²) in [4.78, 5) is 45.7. The molecule has 0 heterocycles. The average molecular weight is 370 g/mol. The molecule has 0 saturated carbocycles. The number of hydrogen-bond donors (Lipinski definition) is 1. The van der Waals surface area contributed by atoms with Crippen LogP contribution in [0.2, 0.25) is 0 Å². The quantitative estimate of drug-likeness (QED) is 0.330. The van der Waals surface area contributed by atoms with Crippen molar-refractivity contribution < 1.29 is 24.0 Å². The van der Waals surface area contributed by atoms with Gasteiger partial charge in [-0.15, -0.1) is 0 Å². The van der Waals surface area contributed by atoms with Crippen LogP contribution in [0, 0.1) is 10.1 Å². The second kappa shape index (κ2) is 9.23. The fraction of sp³-hybridized carbons (Fsp3) is 0.211. The third-order valence-corrected chi connectivity index (χ3v) is 3.59. The number of ether oxygens (including phenoxy) is 1. The van der Waals surface area contributed by atoms with Crippen LogP contribution in [0.3, 0.4) is 0 Å². The largest absolute Gasteiger partial charge is 0.454 e. The van der Waals surface area contributed by atoms with E-state index in [-0.39, 0.29) is 17.2 Å². The van der Waals surface area contributed by atoms with E-state index in [1.807, 2.05) is 6.92 Å². The molecular weight excluding hydrogens is 352 g/mol. The number of carbonyl (C=O) groups excluding carboxylic acids is 3. The van der Waals surface area contributed by atoms with Gasteiger partial charge in [0.25, 0.3) is 5.69 Å². The van der Waals surface area contributed by atoms with Crippen LogP contribution in [0.25, 0.3) is 0 Å². The minimum absolute atomic E-state index is 0.00835. The lowest BCUT2D eigenvalue weighted by Gasteiger charge is -2.07. The topological polar surface area (TPSA) is 116 Å². The first-order chi connectivity index (χ1) is 12.9. The molecular formula is C19H18N2O6. The van der Waals surface area contributed by atoms with Crippen molar-refractivity contribution in [3.63, 3.8) is 0 Å². The molecule has 0 aliphatic rings. The number of nitro groups is 1. The van der Waals surface area contributed by atoms with Gasteiger partial charge in [-0.1, -0.05) is 13.0 Å². The highest BCUT2D eigenvalue weighted by molar-refractivity contribution is 6.00. The second-order valence-electron chi connectivity index (χ2n) is 5.68. The van der Waals surface area contributed by atoms with Crippen molar-refractivity contribution in [1.82, 2.24) is 0 Å². The van der Waals surface area contributed by atoms with Crippen LogP contribution >= 0.6 is 0 Å². The number of rotatable bonds is 8. The van der Waals surface area contributed by atoms with E-state index in [4.69, 9.17) is 4.74 Å². The molecule has 2 rings (SSSR count). The Labute approximate surface area is 155 Å². The van der Waals surface area contributed by atoms with E-state index in [0.717, 1.165) is 12.5 Å². The van der Waals surface area contributed by atoms with Gasteiger partial charge in [-0.2, -0.15) is 0 Å². The summed E-state index contributed by atoms with van der Waals surface area (Å²) in [5, 5.41) is 13.4. The summed E-state index contributed by atoms with van der Waals surface area (Å²) in [7, 11) is 0. The number of amides is 1. The maximum atomic E-state index is 12.1. The maximum absolute atomic E-state index is 12.1. The van der Waals surface area contributed by atoms with E-state index in [1.54, 1.807) is 12.1 Å². The van der Waals surface area contributed by atoms with E-state index < -0.39 is 23.3 Å². The van der Waals surface area contributed by atoms with Crippen molar-refractivity contribution in [1.29, 1.82) is 0 Å². The predicted octanol–water partition coefficient (Wildman–Crippen LogP) is 3.37. The lowest BCUT2D eigenvalue weighted by atomic mass is 10.1. The van der Waals surface area contributed by atoms with Crippen LogP contribution in [0.1, 0.15) is 40.5 Å². The SMILES string of the molecule is CCCC(=O)Nc1ccc(C(=O)COC(=O)c2cccc([N+](=O)[O-])c2)cc1. The Hall–Kier alpha value is -3.55. The van der Waals surface area contributed by atoms with E-state index in [0.29, 0.717) is 17.7 Å². The Kier molecular flexibility index (Phi) is 6.76. The summed E-state index contributed by atoms with van der Waals surface area (Å²) >= 11 is 0. The number of anilines is 1. The van der Waals surface area contributed by atoms with Crippen LogP contribution in [0.15, 0.2) is 48.5 Å². The molecule has 0 aliphatic heterocycles. The monoisotopic (exact) mass is 370 g/mol. The molecule has 0 spiro atoms. The van der Waals surface area contributed by atoms with E-state index >= 15 is 0 Å². The van der Waals surface area contributed by atoms with E-state index in [1.165, 1.54) is 30.3 Å². The minimum atomic E-state index is -0.824. The molecule has 0 bridgehead atoms. The minimum Gasteiger partial charge on any atom is -0.454 e. The number of ketones is 1. The molecule has 0 atom stereocenters. The number of nitrogens with one attached hydrogen (secondary N) is 1. The molecule has 1 amide bonds. The van der Waals surface area contributed by atoms with Gasteiger partial charge in [0, 0.05) is 29.8 Å². The second-order valence-corrected chi connectivity index (χ2v) is 5.68. The maximum Gasteiger partial charge on any atom is 0.338 e. The number of benzene rings is 2. The molecule has 8 nitrogen and oxygen atoms in total. The molecule has 8 heteroatoms. The number of carbonyl (C=O) groups is 3. The lowest BCUT2D eigenvalue weighted by molar-refractivity contribution is -0.384. The molecule has 0 saturated heterocycles. The zero-order valence-electron chi connectivity index (χ0n) is 14.6. The fourth-order valence-electron chi connectivity index (χ4n) is 2.23. The first kappa shape index (κ1) is 19.8. The smallest absolute Gasteiger partial charge is 0.338 e. The van der Waals surface area contributed by atoms with Gasteiger partial charge in [-0.3, -0.25) is 19.7 Å². The molecule has 2 aromatic rings. The van der Waals surface area contributed by atoms with Crippen LogP contribution in [-0.2, 0) is 9.53 Å². The first-order valence-electron chi connectivity index (χ1n) is 8.25. The van der Waals surface area contributed by atoms with E-state index in [9.17, 15) is 24.5 Å². The van der Waals surface area contributed by atoms with E-state index in [2.05, 4.69) is 5.32 Å². The molecule has 0 unspecified atom stereocenters. The Morgan fingerprint density at radius 2 is 1.78 bits per heavy atom. The van der Waals surface area contributed by atoms with Crippen LogP contribution < -0.4 is 5.32 Å². The number of esters is 1. The summed E-state index contributed by atoms with van der Waals surface area (Å²) in [6.45, 7) is 1.40. The molecule has 0 aliphatic carbocycles. The standard InChI is InChI=1S/C19H18N2O6/c1-2-4-18(23)20-15-9-7-13(8-10-15)17(22)12-27-19(24)14-5-3-6-16(11-14)21(25)26/h3,5-11H,2,4,12H2,1H3,(H,20,23). The molecule has 0 radical (unpaired) electrons. The van der Waals surface area contributed by atoms with Gasteiger partial charge >= 0.3 is 5.97 Å². The number of hydrogen-bond acceptors (Lipinski definition) is 6. The zero-order chi connectivity index (χ0) is 19.8. The van der Waals surface area contributed by atoms with Crippen molar-refractivity contribution >= 4 is 29.0 Å². The molecule has 140 valence electrons.